The lowest BCUT2D eigenvalue weighted by Gasteiger charge is -2.32. The van der Waals surface area contributed by atoms with Gasteiger partial charge in [0, 0.05) is 6.04 Å². The Morgan fingerprint density at radius 1 is 1.79 bits per heavy atom. The monoisotopic (exact) mass is 197 g/mol. The van der Waals surface area contributed by atoms with Crippen LogP contribution in [0.25, 0.3) is 0 Å². The maximum atomic E-state index is 11.6. The Morgan fingerprint density at radius 3 is 2.93 bits per heavy atom. The molecular weight excluding hydrogens is 182 g/mol. The van der Waals surface area contributed by atoms with Crippen molar-refractivity contribution in [2.45, 2.75) is 25.9 Å². The van der Waals surface area contributed by atoms with Crippen molar-refractivity contribution in [3.63, 3.8) is 0 Å². The fraction of sp³-hybridized carbons (Fsp3) is 0.500. The molecule has 1 aliphatic heterocycles. The summed E-state index contributed by atoms with van der Waals surface area (Å²) in [6.45, 7) is 7.22. The minimum Gasteiger partial charge on any atom is -0.347 e. The second kappa shape index (κ2) is 4.10. The zero-order valence-corrected chi connectivity index (χ0v) is 8.32. The Kier molecular flexibility index (Phi) is 3.08. The van der Waals surface area contributed by atoms with Gasteiger partial charge in [0.15, 0.2) is 5.84 Å². The van der Waals surface area contributed by atoms with Crippen molar-refractivity contribution in [1.82, 2.24) is 15.9 Å². The van der Waals surface area contributed by atoms with E-state index in [2.05, 4.69) is 22.5 Å². The number of amidine groups is 1. The van der Waals surface area contributed by atoms with Crippen molar-refractivity contribution in [2.75, 3.05) is 0 Å². The third kappa shape index (κ3) is 1.85. The molecule has 1 amide bonds. The number of hydrazone groups is 1. The molecule has 6 nitrogen and oxygen atoms in total. The predicted octanol–water partition coefficient (Wildman–Crippen LogP) is -0.884. The number of nitrogens with zero attached hydrogens (tertiary/aromatic N) is 2. The molecule has 0 aromatic heterocycles. The molecule has 6 heteroatoms. The second-order valence-corrected chi connectivity index (χ2v) is 3.23. The van der Waals surface area contributed by atoms with Crippen molar-refractivity contribution in [3.8, 4) is 0 Å². The van der Waals surface area contributed by atoms with Crippen LogP contribution in [0.1, 0.15) is 13.8 Å². The third-order valence-electron chi connectivity index (χ3n) is 1.84. The Morgan fingerprint density at radius 2 is 2.43 bits per heavy atom. The first-order chi connectivity index (χ1) is 6.57. The molecule has 78 valence electrons. The summed E-state index contributed by atoms with van der Waals surface area (Å²) in [5.74, 6) is 0.168. The molecule has 1 aliphatic rings. The van der Waals surface area contributed by atoms with E-state index in [1.807, 2.05) is 13.8 Å². The van der Waals surface area contributed by atoms with Crippen molar-refractivity contribution < 1.29 is 4.79 Å². The molecule has 4 N–H and O–H groups in total. The lowest BCUT2D eigenvalue weighted by atomic mass is 10.2. The first kappa shape index (κ1) is 10.5. The van der Waals surface area contributed by atoms with Gasteiger partial charge in [-0.3, -0.25) is 4.79 Å². The van der Waals surface area contributed by atoms with E-state index in [9.17, 15) is 4.79 Å². The lowest BCUT2D eigenvalue weighted by Crippen LogP contribution is -2.61. The lowest BCUT2D eigenvalue weighted by molar-refractivity contribution is -0.137. The number of hydrazine groups is 1. The highest BCUT2D eigenvalue weighted by Crippen LogP contribution is 2.02. The van der Waals surface area contributed by atoms with Crippen LogP contribution in [0.15, 0.2) is 17.9 Å². The number of hydrogen-bond donors (Lipinski definition) is 3. The molecule has 1 unspecified atom stereocenters. The van der Waals surface area contributed by atoms with E-state index >= 15 is 0 Å². The first-order valence-corrected chi connectivity index (χ1v) is 4.37. The van der Waals surface area contributed by atoms with Crippen LogP contribution in [0.3, 0.4) is 0 Å². The van der Waals surface area contributed by atoms with E-state index in [-0.39, 0.29) is 11.9 Å². The number of rotatable bonds is 2. The quantitative estimate of drug-likeness (QED) is 0.536. The minimum atomic E-state index is -0.753. The van der Waals surface area contributed by atoms with Gasteiger partial charge in [0.05, 0.1) is 0 Å². The molecule has 0 aromatic carbocycles. The molecule has 0 aliphatic carbocycles. The van der Waals surface area contributed by atoms with E-state index in [1.165, 1.54) is 11.2 Å². The van der Waals surface area contributed by atoms with Crippen molar-refractivity contribution in [2.24, 2.45) is 10.8 Å². The fourth-order valence-corrected chi connectivity index (χ4v) is 1.09. The maximum absolute atomic E-state index is 11.6. The fourth-order valence-electron chi connectivity index (χ4n) is 1.09. The molecule has 0 fully saturated rings. The van der Waals surface area contributed by atoms with Crippen molar-refractivity contribution in [1.29, 1.82) is 0 Å². The molecule has 0 saturated carbocycles. The Bertz CT molecular complexity index is 273. The van der Waals surface area contributed by atoms with Crippen LogP contribution in [0.2, 0.25) is 0 Å². The highest BCUT2D eigenvalue weighted by molar-refractivity contribution is 6.08. The van der Waals surface area contributed by atoms with Crippen LogP contribution in [0.4, 0.5) is 0 Å². The summed E-state index contributed by atoms with van der Waals surface area (Å²) in [7, 11) is 0. The van der Waals surface area contributed by atoms with Gasteiger partial charge >= 0.3 is 0 Å². The molecule has 0 saturated heterocycles. The number of carbonyl (C=O) groups is 1. The standard InChI is InChI=1S/C8H15N5O/c1-4-10-7-6(9)8(14)13(5(2)3)12-11-7/h4-6,12H,1,9H2,2-3H3,(H,10,11). The zero-order chi connectivity index (χ0) is 10.7. The van der Waals surface area contributed by atoms with Crippen molar-refractivity contribution in [3.05, 3.63) is 12.8 Å². The minimum absolute atomic E-state index is 0.0163. The molecule has 0 bridgehead atoms. The number of nitrogens with two attached hydrogens (primary N) is 1. The van der Waals surface area contributed by atoms with Crippen molar-refractivity contribution >= 4 is 11.7 Å². The van der Waals surface area contributed by atoms with Crippen LogP contribution < -0.4 is 16.6 Å². The van der Waals surface area contributed by atoms with E-state index in [1.54, 1.807) is 0 Å². The Hall–Kier alpha value is -1.56. The van der Waals surface area contributed by atoms with Crippen LogP contribution in [0.5, 0.6) is 0 Å². The summed E-state index contributed by atoms with van der Waals surface area (Å²) in [5.41, 5.74) is 8.28. The van der Waals surface area contributed by atoms with Gasteiger partial charge in [-0.15, -0.1) is 5.10 Å². The normalized spacial score (nSPS) is 21.7. The number of hydrogen-bond acceptors (Lipinski definition) is 5. The molecule has 1 rings (SSSR count). The van der Waals surface area contributed by atoms with E-state index < -0.39 is 6.04 Å². The summed E-state index contributed by atoms with van der Waals surface area (Å²) in [6, 6.07) is -0.737. The predicted molar refractivity (Wildman–Crippen MR) is 53.9 cm³/mol. The number of nitrogens with one attached hydrogen (secondary N) is 2. The molecule has 1 heterocycles. The SMILES string of the molecule is C=CNC1=NNN(C(C)C)C(=O)C1N. The topological polar surface area (TPSA) is 82.8 Å². The largest absolute Gasteiger partial charge is 0.347 e. The highest BCUT2D eigenvalue weighted by Gasteiger charge is 2.30. The second-order valence-electron chi connectivity index (χ2n) is 3.23. The average molecular weight is 197 g/mol. The van der Waals surface area contributed by atoms with Gasteiger partial charge in [0.2, 0.25) is 0 Å². The van der Waals surface area contributed by atoms with Crippen LogP contribution in [-0.4, -0.2) is 28.8 Å². The Balaban J connectivity index is 2.80. The average Bonchev–Trinajstić information content (AvgIpc) is 2.13. The summed E-state index contributed by atoms with van der Waals surface area (Å²) in [4.78, 5) is 11.6. The molecule has 0 aromatic rings. The Labute approximate surface area is 82.8 Å². The zero-order valence-electron chi connectivity index (χ0n) is 8.32. The molecule has 0 radical (unpaired) electrons. The summed E-state index contributed by atoms with van der Waals surface area (Å²) >= 11 is 0. The summed E-state index contributed by atoms with van der Waals surface area (Å²) < 4.78 is 0. The van der Waals surface area contributed by atoms with Gasteiger partial charge < -0.3 is 11.1 Å². The highest BCUT2D eigenvalue weighted by atomic mass is 16.2. The summed E-state index contributed by atoms with van der Waals surface area (Å²) in [5, 5.41) is 8.01. The summed E-state index contributed by atoms with van der Waals surface area (Å²) in [6.07, 6.45) is 1.43. The molecule has 1 atom stereocenters. The van der Waals surface area contributed by atoms with E-state index in [0.29, 0.717) is 5.84 Å². The van der Waals surface area contributed by atoms with Crippen LogP contribution in [0, 0.1) is 0 Å². The third-order valence-corrected chi connectivity index (χ3v) is 1.84. The van der Waals surface area contributed by atoms with Crippen LogP contribution >= 0.6 is 0 Å². The van der Waals surface area contributed by atoms with E-state index in [4.69, 9.17) is 5.73 Å². The van der Waals surface area contributed by atoms with E-state index in [0.717, 1.165) is 0 Å². The van der Waals surface area contributed by atoms with Gasteiger partial charge in [-0.1, -0.05) is 6.58 Å². The molecule has 0 spiro atoms. The van der Waals surface area contributed by atoms with Crippen LogP contribution in [-0.2, 0) is 4.79 Å². The molecule has 14 heavy (non-hydrogen) atoms. The van der Waals surface area contributed by atoms with Gasteiger partial charge in [0.25, 0.3) is 5.91 Å². The molecular formula is C8H15N5O. The first-order valence-electron chi connectivity index (χ1n) is 4.37. The van der Waals surface area contributed by atoms with Gasteiger partial charge in [0.1, 0.15) is 6.04 Å². The number of amides is 1. The smallest absolute Gasteiger partial charge is 0.267 e. The van der Waals surface area contributed by atoms with Gasteiger partial charge in [-0.25, -0.2) is 10.5 Å². The maximum Gasteiger partial charge on any atom is 0.267 e. The van der Waals surface area contributed by atoms with Gasteiger partial charge in [-0.2, -0.15) is 0 Å². The van der Waals surface area contributed by atoms with Gasteiger partial charge in [-0.05, 0) is 20.0 Å². The number of carbonyl (C=O) groups excluding carboxylic acids is 1.